The number of imidazole rings is 1. The van der Waals surface area contributed by atoms with Crippen molar-refractivity contribution in [2.24, 2.45) is 0 Å². The van der Waals surface area contributed by atoms with E-state index < -0.39 is 29.0 Å². The molecule has 0 bridgehead atoms. The summed E-state index contributed by atoms with van der Waals surface area (Å²) in [6, 6.07) is 8.27. The molecule has 2 aliphatic heterocycles. The minimum absolute atomic E-state index is 0. The number of β-lactam (4-membered cyclic amide) rings is 1. The molecule has 168 valence electrons. The number of hydrogen-bond donors (Lipinski definition) is 3. The molecule has 34 heavy (non-hydrogen) atoms. The van der Waals surface area contributed by atoms with Crippen LogP contribution in [0.25, 0.3) is 11.2 Å². The van der Waals surface area contributed by atoms with Crippen molar-refractivity contribution in [2.45, 2.75) is 22.9 Å². The second-order valence-electron chi connectivity index (χ2n) is 7.25. The first-order valence-electron chi connectivity index (χ1n) is 9.76. The topological polar surface area (TPSA) is 164 Å². The van der Waals surface area contributed by atoms with Crippen LogP contribution >= 0.6 is 23.5 Å². The second kappa shape index (κ2) is 9.96. The van der Waals surface area contributed by atoms with Crippen LogP contribution in [0.5, 0.6) is 0 Å². The Morgan fingerprint density at radius 3 is 2.76 bits per heavy atom. The summed E-state index contributed by atoms with van der Waals surface area (Å²) in [6.45, 7) is 0. The van der Waals surface area contributed by atoms with Crippen LogP contribution in [0.4, 0.5) is 0 Å². The first-order valence-corrected chi connectivity index (χ1v) is 11.6. The number of thioether (sulfide) groups is 2. The summed E-state index contributed by atoms with van der Waals surface area (Å²) in [5, 5.41) is 14.3. The molecule has 1 unspecified atom stereocenters. The van der Waals surface area contributed by atoms with Crippen LogP contribution in [0.2, 0.25) is 0 Å². The zero-order chi connectivity index (χ0) is 23.1. The van der Waals surface area contributed by atoms with Crippen LogP contribution in [0.15, 0.2) is 57.1 Å². The molecular formula is C20H15N6NaO5S2. The number of aromatic amines is 2. The number of H-pyrrole nitrogens is 2. The van der Waals surface area contributed by atoms with E-state index in [9.17, 15) is 24.3 Å². The fourth-order valence-corrected chi connectivity index (χ4v) is 6.22. The molecule has 2 atom stereocenters. The van der Waals surface area contributed by atoms with E-state index in [0.29, 0.717) is 10.4 Å². The maximum Gasteiger partial charge on any atom is 1.00 e. The number of fused-ring (bicyclic) bond motifs is 2. The predicted octanol–water partition coefficient (Wildman–Crippen LogP) is -3.65. The van der Waals surface area contributed by atoms with Crippen LogP contribution in [-0.2, 0) is 20.8 Å². The molecule has 5 rings (SSSR count). The van der Waals surface area contributed by atoms with Crippen molar-refractivity contribution in [3.05, 3.63) is 63.3 Å². The molecule has 0 saturated carbocycles. The van der Waals surface area contributed by atoms with E-state index in [1.807, 2.05) is 30.3 Å². The molecule has 1 saturated heterocycles. The van der Waals surface area contributed by atoms with E-state index in [-0.39, 0.29) is 64.0 Å². The van der Waals surface area contributed by atoms with Gasteiger partial charge in [-0.1, -0.05) is 42.1 Å². The summed E-state index contributed by atoms with van der Waals surface area (Å²) < 4.78 is 0. The number of amides is 2. The average molecular weight is 507 g/mol. The standard InChI is InChI=1S/C20H16N6O5S2.Na/c27-11(6-9-4-2-1-3-5-9)23-13-17(28)26-14(19(29)30)10(7-32-18(13)26)33-16-12-15(22-8-21-12)24-20(31)25-16;/h1-5,8,13,18H,6-7H2,(H,23,27)(H,29,30)(H2,21,22,24,25,31);/q;+1/p-1/t13?,18-;/m1./s1. The van der Waals surface area contributed by atoms with Crippen LogP contribution in [-0.4, -0.2) is 59.8 Å². The number of rotatable bonds is 6. The summed E-state index contributed by atoms with van der Waals surface area (Å²) >= 11 is 2.28. The Hall–Kier alpha value is -2.58. The van der Waals surface area contributed by atoms with Gasteiger partial charge < -0.3 is 20.2 Å². The quantitative estimate of drug-likeness (QED) is 0.174. The van der Waals surface area contributed by atoms with Gasteiger partial charge in [0.1, 0.15) is 22.0 Å². The monoisotopic (exact) mass is 506 g/mol. The molecule has 3 aromatic rings. The molecular weight excluding hydrogens is 491 g/mol. The molecule has 11 nitrogen and oxygen atoms in total. The maximum atomic E-state index is 12.8. The maximum absolute atomic E-state index is 12.8. The van der Waals surface area contributed by atoms with Crippen LogP contribution in [0.3, 0.4) is 0 Å². The number of benzene rings is 1. The summed E-state index contributed by atoms with van der Waals surface area (Å²) in [6.07, 6.45) is 1.49. The van der Waals surface area contributed by atoms with Crippen molar-refractivity contribution in [2.75, 3.05) is 5.75 Å². The number of aromatic nitrogens is 4. The SMILES string of the molecule is O=C(Cc1ccccc1)NC1C(=O)N2C(C(=O)[O-])=C(Sc3nc(=O)[nH]c4nc[nH]c34)CS[C@H]12.[Na+]. The van der Waals surface area contributed by atoms with E-state index in [1.165, 1.54) is 18.1 Å². The molecule has 14 heteroatoms. The molecule has 3 N–H and O–H groups in total. The van der Waals surface area contributed by atoms with E-state index in [4.69, 9.17) is 0 Å². The fourth-order valence-electron chi connectivity index (χ4n) is 3.68. The third-order valence-electron chi connectivity index (χ3n) is 5.15. The van der Waals surface area contributed by atoms with Crippen molar-refractivity contribution < 1.29 is 49.0 Å². The van der Waals surface area contributed by atoms with Crippen molar-refractivity contribution in [3.8, 4) is 0 Å². The number of nitrogens with zero attached hydrogens (tertiary/aromatic N) is 3. The van der Waals surface area contributed by atoms with Gasteiger partial charge in [-0.3, -0.25) is 19.5 Å². The van der Waals surface area contributed by atoms with Gasteiger partial charge in [0.05, 0.1) is 24.4 Å². The Morgan fingerprint density at radius 2 is 2.03 bits per heavy atom. The minimum Gasteiger partial charge on any atom is -0.543 e. The number of hydrogen-bond acceptors (Lipinski definition) is 9. The van der Waals surface area contributed by atoms with E-state index in [1.54, 1.807) is 0 Å². The predicted molar refractivity (Wildman–Crippen MR) is 118 cm³/mol. The molecule has 0 spiro atoms. The van der Waals surface area contributed by atoms with Crippen LogP contribution in [0, 0.1) is 0 Å². The van der Waals surface area contributed by atoms with E-state index in [2.05, 4.69) is 25.3 Å². The Bertz CT molecular complexity index is 1370. The van der Waals surface area contributed by atoms with Gasteiger partial charge in [0, 0.05) is 10.7 Å². The van der Waals surface area contributed by atoms with Crippen molar-refractivity contribution in [3.63, 3.8) is 0 Å². The molecule has 1 aromatic carbocycles. The number of carbonyl (C=O) groups is 3. The third-order valence-corrected chi connectivity index (χ3v) is 7.69. The Kier molecular flexibility index (Phi) is 7.19. The Morgan fingerprint density at radius 1 is 1.26 bits per heavy atom. The summed E-state index contributed by atoms with van der Waals surface area (Å²) in [5.74, 6) is -2.14. The number of carboxylic acid groups (broad SMARTS) is 1. The fraction of sp³-hybridized carbons (Fsp3) is 0.200. The normalized spacial score (nSPS) is 19.3. The Balaban J connectivity index is 0.00000274. The minimum atomic E-state index is -1.52. The largest absolute Gasteiger partial charge is 1.00 e. The Labute approximate surface area is 222 Å². The molecule has 1 fully saturated rings. The van der Waals surface area contributed by atoms with Gasteiger partial charge in [-0.05, 0) is 5.56 Å². The molecule has 0 radical (unpaired) electrons. The van der Waals surface area contributed by atoms with Crippen molar-refractivity contribution in [1.82, 2.24) is 30.2 Å². The molecule has 2 aromatic heterocycles. The van der Waals surface area contributed by atoms with Gasteiger partial charge in [-0.25, -0.2) is 9.78 Å². The van der Waals surface area contributed by atoms with Gasteiger partial charge in [0.15, 0.2) is 5.65 Å². The number of carboxylic acids is 1. The first kappa shape index (κ1) is 24.5. The average Bonchev–Trinajstić information content (AvgIpc) is 3.26. The van der Waals surface area contributed by atoms with Crippen molar-refractivity contribution >= 4 is 52.5 Å². The zero-order valence-corrected chi connectivity index (χ0v) is 21.4. The van der Waals surface area contributed by atoms with Gasteiger partial charge in [-0.2, -0.15) is 4.98 Å². The van der Waals surface area contributed by atoms with Crippen molar-refractivity contribution in [1.29, 1.82) is 0 Å². The smallest absolute Gasteiger partial charge is 0.543 e. The first-order chi connectivity index (χ1) is 15.9. The molecule has 2 amide bonds. The molecule has 4 heterocycles. The zero-order valence-electron chi connectivity index (χ0n) is 17.7. The summed E-state index contributed by atoms with van der Waals surface area (Å²) in [7, 11) is 0. The number of carbonyl (C=O) groups excluding carboxylic acids is 3. The van der Waals surface area contributed by atoms with Gasteiger partial charge in [0.25, 0.3) is 5.91 Å². The van der Waals surface area contributed by atoms with Gasteiger partial charge in [0.2, 0.25) is 5.91 Å². The van der Waals surface area contributed by atoms with E-state index >= 15 is 0 Å². The molecule has 0 aliphatic carbocycles. The summed E-state index contributed by atoms with van der Waals surface area (Å²) in [5.41, 5.74) is 0.625. The van der Waals surface area contributed by atoms with E-state index in [0.717, 1.165) is 22.2 Å². The van der Waals surface area contributed by atoms with Gasteiger partial charge >= 0.3 is 35.2 Å². The van der Waals surface area contributed by atoms with Crippen LogP contribution < -0.4 is 45.7 Å². The molecule has 2 aliphatic rings. The van der Waals surface area contributed by atoms with Crippen LogP contribution in [0.1, 0.15) is 5.56 Å². The third kappa shape index (κ3) is 4.53. The summed E-state index contributed by atoms with van der Waals surface area (Å²) in [4.78, 5) is 63.6. The number of nitrogens with one attached hydrogen (secondary N) is 3. The van der Waals surface area contributed by atoms with Gasteiger partial charge in [-0.15, -0.1) is 11.8 Å². The second-order valence-corrected chi connectivity index (χ2v) is 9.44. The number of aliphatic carboxylic acids is 1.